The first-order valence-electron chi connectivity index (χ1n) is 17.7. The summed E-state index contributed by atoms with van der Waals surface area (Å²) in [4.78, 5) is 0. The highest BCUT2D eigenvalue weighted by Gasteiger charge is 2.60. The molecule has 0 saturated carbocycles. The zero-order valence-electron chi connectivity index (χ0n) is 31.2. The van der Waals surface area contributed by atoms with Gasteiger partial charge in [0.25, 0.3) is 0 Å². The van der Waals surface area contributed by atoms with E-state index in [1.54, 1.807) is 0 Å². The van der Waals surface area contributed by atoms with Crippen LogP contribution in [0.3, 0.4) is 0 Å². The van der Waals surface area contributed by atoms with Gasteiger partial charge in [0.05, 0.1) is 0 Å². The largest absolute Gasteiger partial charge is 0.729 e. The molecule has 0 spiro atoms. The van der Waals surface area contributed by atoms with Crippen LogP contribution in [-0.4, -0.2) is 383 Å². The lowest BCUT2D eigenvalue weighted by molar-refractivity contribution is 3.18. The van der Waals surface area contributed by atoms with Crippen molar-refractivity contribution in [3.05, 3.63) is 0 Å². The molecule has 0 N–H and O–H groups in total. The fraction of sp³-hybridized carbons (Fsp3) is 0. The average Bonchev–Trinajstić information content (AvgIpc) is 2.93. The molecular formula is B54-3. The highest BCUT2D eigenvalue weighted by Crippen LogP contribution is 2.23. The highest BCUT2D eigenvalue weighted by atomic mass is 13.4. The van der Waals surface area contributed by atoms with Crippen LogP contribution in [0.4, 0.5) is 0 Å². The lowest BCUT2D eigenvalue weighted by Crippen LogP contribution is -2.96. The van der Waals surface area contributed by atoms with Crippen LogP contribution >= 0.6 is 0 Å². The Hall–Kier alpha value is 3.51. The van der Waals surface area contributed by atoms with Gasteiger partial charge in [-0.25, -0.2) is 6.39 Å². The summed E-state index contributed by atoms with van der Waals surface area (Å²) in [6.07, 6.45) is -35.1. The van der Waals surface area contributed by atoms with Gasteiger partial charge in [0, 0.05) is 0 Å². The van der Waals surface area contributed by atoms with E-state index in [-0.39, 0.29) is 0 Å². The second-order valence-electron chi connectivity index (χ2n) is 15.0. The van der Waals surface area contributed by atoms with Crippen molar-refractivity contribution in [2.45, 2.75) is 0 Å². The van der Waals surface area contributed by atoms with Crippen molar-refractivity contribution < 1.29 is 0 Å². The van der Waals surface area contributed by atoms with Crippen LogP contribution in [0.5, 0.6) is 0 Å². The first-order chi connectivity index (χ1) is 24.5. The van der Waals surface area contributed by atoms with Gasteiger partial charge >= 0.3 is 0 Å². The first-order valence-corrected chi connectivity index (χ1v) is 17.7. The lowest BCUT2D eigenvalue weighted by Gasteiger charge is -2.62. The van der Waals surface area contributed by atoms with Crippen molar-refractivity contribution in [3.8, 4) is 0 Å². The molecule has 0 aliphatic rings. The van der Waals surface area contributed by atoms with Gasteiger partial charge in [-0.3, -0.25) is 0 Å². The molecule has 0 aromatic heterocycles. The molecule has 0 bridgehead atoms. The van der Waals surface area contributed by atoms with E-state index in [2.05, 4.69) is 0 Å². The van der Waals surface area contributed by atoms with Crippen LogP contribution in [0, 0.1) is 0 Å². The van der Waals surface area contributed by atoms with Crippen molar-refractivity contribution in [3.63, 3.8) is 0 Å². The molecule has 0 rings (SSSR count). The summed E-state index contributed by atoms with van der Waals surface area (Å²) < 4.78 is 0. The van der Waals surface area contributed by atoms with E-state index in [4.69, 9.17) is 217 Å². The molecule has 0 saturated heterocycles. The Morgan fingerprint density at radius 2 is 0.278 bits per heavy atom. The van der Waals surface area contributed by atoms with Crippen molar-refractivity contribution in [2.75, 3.05) is 0 Å². The maximum Gasteiger partial charge on any atom is -0.000000000000000214 e. The van der Waals surface area contributed by atoms with Crippen LogP contribution in [-0.2, 0) is 0 Å². The zero-order valence-corrected chi connectivity index (χ0v) is 31.2. The zero-order chi connectivity index (χ0) is 43.0. The van der Waals surface area contributed by atoms with E-state index in [0.29, 0.717) is 0 Å². The van der Waals surface area contributed by atoms with Gasteiger partial charge in [0.1, 0.15) is 0 Å². The van der Waals surface area contributed by atoms with Crippen molar-refractivity contribution in [1.29, 1.82) is 0 Å². The van der Waals surface area contributed by atoms with Crippen LogP contribution in [0.15, 0.2) is 0 Å². The summed E-state index contributed by atoms with van der Waals surface area (Å²) in [6.45, 7) is 0. The Morgan fingerprint density at radius 1 is 0.167 bits per heavy atom. The van der Waals surface area contributed by atoms with E-state index in [1.807, 2.05) is 0 Å². The molecule has 0 nitrogen and oxygen atoms in total. The molecule has 0 fully saturated rings. The molecular weight excluding hydrogens is 584 g/mol. The third kappa shape index (κ3) is 15.4. The molecule has 0 aromatic rings. The normalized spacial score (nSPS) is 9.76. The molecule has 165 valence electrons. The van der Waals surface area contributed by atoms with Crippen LogP contribution < -0.4 is 0 Å². The Kier molecular flexibility index (Phi) is 27.9. The Bertz CT molecular complexity index is 793. The van der Waals surface area contributed by atoms with E-state index < -0.39 is 166 Å². The van der Waals surface area contributed by atoms with E-state index in [1.165, 1.54) is 0 Å². The first kappa shape index (κ1) is 57.5. The molecule has 59 radical (unpaired) electrons. The average molecular weight is 584 g/mol. The minimum Gasteiger partial charge on any atom is -0.729 e. The Morgan fingerprint density at radius 3 is 0.389 bits per heavy atom. The highest BCUT2D eigenvalue weighted by molar-refractivity contribution is 8.36. The Balaban J connectivity index is 9.98. The quantitative estimate of drug-likeness (QED) is 0.0938. The van der Waals surface area contributed by atoms with Crippen molar-refractivity contribution in [1.82, 2.24) is 0 Å². The summed E-state index contributed by atoms with van der Waals surface area (Å²) in [6, 6.07) is 0. The Labute approximate surface area is 379 Å². The summed E-state index contributed by atoms with van der Waals surface area (Å²) in [5.74, 6) is 0. The van der Waals surface area contributed by atoms with Gasteiger partial charge < -0.3 is 29.6 Å². The summed E-state index contributed by atoms with van der Waals surface area (Å²) >= 11 is 0. The smallest absolute Gasteiger partial charge is 0.000000000000000214 e. The third-order valence-electron chi connectivity index (χ3n) is 11.1. The predicted octanol–water partition coefficient (Wildman–Crippen LogP) is -20.6. The lowest BCUT2D eigenvalue weighted by atomic mass is 8.24. The van der Waals surface area contributed by atoms with Crippen molar-refractivity contribution >= 4 is 383 Å². The topological polar surface area (TPSA) is 0 Å². The van der Waals surface area contributed by atoms with Gasteiger partial charge in [-0.15, -0.1) is 6.39 Å². The molecule has 0 unspecified atom stereocenters. The van der Waals surface area contributed by atoms with E-state index >= 15 is 0 Å². The van der Waals surface area contributed by atoms with Gasteiger partial charge in [-0.05, 0) is 340 Å². The van der Waals surface area contributed by atoms with Gasteiger partial charge in [-0.2, -0.15) is 0 Å². The fourth-order valence-electron chi connectivity index (χ4n) is 9.24. The van der Waals surface area contributed by atoms with E-state index in [0.717, 1.165) is 0 Å². The maximum atomic E-state index is 6.57. The second kappa shape index (κ2) is 26.2. The third-order valence-corrected chi connectivity index (χ3v) is 11.1. The standard InChI is InChI=1S/B54/c1-29(2)43(30(3)4)50(44(31(5)6)32(7)8)53(49(41(25)26)42(27)28)54(51(45(33(9)10)34(11)12)46(35(13)14)36(15)16)52(47(37(17)18)38(19)20)48(39(21)22)40(23)24/q-3. The number of hydrogen-bond donors (Lipinski definition) is 0. The summed E-state index contributed by atoms with van der Waals surface area (Å²) in [5, 5.41) is 0. The molecule has 0 heterocycles. The van der Waals surface area contributed by atoms with Gasteiger partial charge in [0.15, 0.2) is 0 Å². The van der Waals surface area contributed by atoms with Crippen LogP contribution in [0.1, 0.15) is 0 Å². The second-order valence-corrected chi connectivity index (χ2v) is 15.0. The van der Waals surface area contributed by atoms with Crippen LogP contribution in [0.2, 0.25) is 0 Å². The minimum absolute atomic E-state index is 1.24. The molecule has 54 heavy (non-hydrogen) atoms. The van der Waals surface area contributed by atoms with Gasteiger partial charge in [-0.1, -0.05) is 0 Å². The molecule has 0 atom stereocenters. The number of rotatable bonds is 25. The molecule has 0 aromatic carbocycles. The maximum absolute atomic E-state index is 6.57. The molecule has 0 aliphatic heterocycles. The summed E-state index contributed by atoms with van der Waals surface area (Å²) in [5.41, 5.74) is 0. The SMILES string of the molecule is [B]B([B])B(B([B])[B])B(B(B([B])[B])B([B])[B])B(B(B(B([B])[B])B([B])[B])B(B([B])[B])B([B])[B])B(B(B([B])[B])B([B])[B])B(B(B([B])[B])B([B])[B])B(B([B])[B-])B([B-])[B-]. The van der Waals surface area contributed by atoms with Gasteiger partial charge in [0.2, 0.25) is 0 Å². The molecule has 0 amide bonds. The molecule has 0 aliphatic carbocycles. The predicted molar refractivity (Wildman–Crippen MR) is 311 cm³/mol. The monoisotopic (exact) mass is 595 g/mol. The fourth-order valence-corrected chi connectivity index (χ4v) is 9.24. The molecule has 54 heteroatoms. The summed E-state index contributed by atoms with van der Waals surface area (Å²) in [7, 11) is 182. The van der Waals surface area contributed by atoms with Crippen molar-refractivity contribution in [2.24, 2.45) is 0 Å². The van der Waals surface area contributed by atoms with E-state index in [9.17, 15) is 0 Å². The number of hydrogen-bond acceptors (Lipinski definition) is 0. The minimum atomic E-state index is -1.44. The van der Waals surface area contributed by atoms with Crippen LogP contribution in [0.25, 0.3) is 0 Å².